The molecule has 0 atom stereocenters. The molecule has 0 spiro atoms. The van der Waals surface area contributed by atoms with Crippen molar-refractivity contribution in [2.45, 2.75) is 0 Å². The smallest absolute Gasteiger partial charge is 0.208 e. The molecule has 2 rings (SSSR count). The second-order valence-corrected chi connectivity index (χ2v) is 2.82. The number of nitrogen functional groups attached to an aromatic ring is 1. The average Bonchev–Trinajstić information content (AvgIpc) is 2.49. The maximum absolute atomic E-state index is 5.86. The quantitative estimate of drug-likeness (QED) is 0.526. The van der Waals surface area contributed by atoms with E-state index in [1.54, 1.807) is 12.1 Å². The molecule has 0 bridgehead atoms. The van der Waals surface area contributed by atoms with Gasteiger partial charge in [-0.05, 0) is 6.07 Å². The van der Waals surface area contributed by atoms with Crippen LogP contribution in [0.2, 0.25) is 5.02 Å². The number of rotatable bonds is 1. The predicted molar refractivity (Wildman–Crippen MR) is 49.0 cm³/mol. The summed E-state index contributed by atoms with van der Waals surface area (Å²) in [6.45, 7) is 0. The van der Waals surface area contributed by atoms with Crippen LogP contribution in [0, 0.1) is 0 Å². The van der Waals surface area contributed by atoms with E-state index in [0.29, 0.717) is 16.5 Å². The molecule has 0 aliphatic heterocycles. The molecule has 0 unspecified atom stereocenters. The topological polar surface area (TPSA) is 51.2 Å². The van der Waals surface area contributed by atoms with Crippen LogP contribution in [0.25, 0.3) is 11.0 Å². The monoisotopic (exact) mass is 182 g/mol. The Kier molecular flexibility index (Phi) is 1.67. The Labute approximate surface area is 74.1 Å². The van der Waals surface area contributed by atoms with Gasteiger partial charge in [-0.15, -0.1) is 0 Å². The van der Waals surface area contributed by atoms with Crippen LogP contribution in [-0.2, 0) is 0 Å². The van der Waals surface area contributed by atoms with E-state index >= 15 is 0 Å². The standard InChI is InChI=1S/C8H7ClN2O/c9-6-3-1-2-5-4-7(11-10)12-8(5)6/h1-4,11H,10H2. The first kappa shape index (κ1) is 7.46. The second kappa shape index (κ2) is 2.69. The molecule has 1 heterocycles. The Bertz CT molecular complexity index is 410. The van der Waals surface area contributed by atoms with Gasteiger partial charge >= 0.3 is 0 Å². The van der Waals surface area contributed by atoms with Crippen LogP contribution in [0.5, 0.6) is 0 Å². The second-order valence-electron chi connectivity index (χ2n) is 2.41. The van der Waals surface area contributed by atoms with Crippen molar-refractivity contribution in [3.8, 4) is 0 Å². The van der Waals surface area contributed by atoms with Crippen molar-refractivity contribution < 1.29 is 4.42 Å². The third-order valence-electron chi connectivity index (χ3n) is 1.64. The van der Waals surface area contributed by atoms with Gasteiger partial charge in [-0.3, -0.25) is 5.43 Å². The van der Waals surface area contributed by atoms with E-state index in [4.69, 9.17) is 21.9 Å². The Morgan fingerprint density at radius 2 is 2.25 bits per heavy atom. The summed E-state index contributed by atoms with van der Waals surface area (Å²) in [5.41, 5.74) is 3.08. The largest absolute Gasteiger partial charge is 0.438 e. The summed E-state index contributed by atoms with van der Waals surface area (Å²) in [5, 5.41) is 1.53. The minimum absolute atomic E-state index is 0.512. The van der Waals surface area contributed by atoms with E-state index in [2.05, 4.69) is 5.43 Å². The van der Waals surface area contributed by atoms with Crippen LogP contribution < -0.4 is 11.3 Å². The molecule has 0 aliphatic rings. The number of nitrogens with one attached hydrogen (secondary N) is 1. The van der Waals surface area contributed by atoms with Crippen molar-refractivity contribution in [1.82, 2.24) is 0 Å². The maximum Gasteiger partial charge on any atom is 0.208 e. The van der Waals surface area contributed by atoms with Crippen molar-refractivity contribution in [3.05, 3.63) is 29.3 Å². The minimum atomic E-state index is 0.512. The fraction of sp³-hybridized carbons (Fsp3) is 0. The molecule has 3 N–H and O–H groups in total. The molecule has 0 amide bonds. The highest BCUT2D eigenvalue weighted by Crippen LogP contribution is 2.28. The predicted octanol–water partition coefficient (Wildman–Crippen LogP) is 2.37. The molecule has 0 saturated carbocycles. The van der Waals surface area contributed by atoms with Gasteiger partial charge in [0.25, 0.3) is 0 Å². The SMILES string of the molecule is NNc1cc2cccc(Cl)c2o1. The number of hydrogen-bond donors (Lipinski definition) is 2. The zero-order valence-corrected chi connectivity index (χ0v) is 6.93. The lowest BCUT2D eigenvalue weighted by atomic mass is 10.3. The van der Waals surface area contributed by atoms with Crippen LogP contribution >= 0.6 is 11.6 Å². The summed E-state index contributed by atoms with van der Waals surface area (Å²) in [6.07, 6.45) is 0. The summed E-state index contributed by atoms with van der Waals surface area (Å²) in [4.78, 5) is 0. The summed E-state index contributed by atoms with van der Waals surface area (Å²) < 4.78 is 5.28. The molecule has 62 valence electrons. The molecule has 4 heteroatoms. The molecule has 0 fully saturated rings. The van der Waals surface area contributed by atoms with Crippen molar-refractivity contribution in [1.29, 1.82) is 0 Å². The van der Waals surface area contributed by atoms with Gasteiger partial charge < -0.3 is 4.42 Å². The summed E-state index contributed by atoms with van der Waals surface area (Å²) in [7, 11) is 0. The first-order valence-electron chi connectivity index (χ1n) is 3.46. The molecule has 0 aliphatic carbocycles. The molecular formula is C8H7ClN2O. The van der Waals surface area contributed by atoms with Crippen molar-refractivity contribution in [2.75, 3.05) is 5.43 Å². The molecule has 0 saturated heterocycles. The van der Waals surface area contributed by atoms with E-state index in [9.17, 15) is 0 Å². The van der Waals surface area contributed by atoms with E-state index in [1.165, 1.54) is 0 Å². The summed E-state index contributed by atoms with van der Waals surface area (Å²) in [6, 6.07) is 7.33. The van der Waals surface area contributed by atoms with Gasteiger partial charge in [0.15, 0.2) is 5.58 Å². The summed E-state index contributed by atoms with van der Waals surface area (Å²) >= 11 is 5.86. The molecular weight excluding hydrogens is 176 g/mol. The number of furan rings is 1. The number of hydrogen-bond acceptors (Lipinski definition) is 3. The van der Waals surface area contributed by atoms with Crippen LogP contribution in [0.4, 0.5) is 5.88 Å². The van der Waals surface area contributed by atoms with E-state index in [1.807, 2.05) is 12.1 Å². The first-order valence-corrected chi connectivity index (χ1v) is 3.84. The third-order valence-corrected chi connectivity index (χ3v) is 1.94. The lowest BCUT2D eigenvalue weighted by molar-refractivity contribution is 0.629. The van der Waals surface area contributed by atoms with E-state index < -0.39 is 0 Å². The molecule has 2 aromatic rings. The van der Waals surface area contributed by atoms with Crippen LogP contribution in [0.1, 0.15) is 0 Å². The highest BCUT2D eigenvalue weighted by Gasteiger charge is 2.04. The highest BCUT2D eigenvalue weighted by atomic mass is 35.5. The normalized spacial score (nSPS) is 10.5. The average molecular weight is 183 g/mol. The molecule has 1 aromatic carbocycles. The number of para-hydroxylation sites is 1. The van der Waals surface area contributed by atoms with Gasteiger partial charge in [0, 0.05) is 11.5 Å². The zero-order valence-electron chi connectivity index (χ0n) is 6.17. The van der Waals surface area contributed by atoms with Crippen molar-refractivity contribution in [2.24, 2.45) is 5.84 Å². The fourth-order valence-corrected chi connectivity index (χ4v) is 1.32. The zero-order chi connectivity index (χ0) is 8.55. The van der Waals surface area contributed by atoms with Crippen molar-refractivity contribution in [3.63, 3.8) is 0 Å². The molecule has 12 heavy (non-hydrogen) atoms. The summed E-state index contributed by atoms with van der Waals surface area (Å²) in [5.74, 6) is 5.69. The third kappa shape index (κ3) is 1.03. The van der Waals surface area contributed by atoms with Crippen molar-refractivity contribution >= 4 is 28.5 Å². The van der Waals surface area contributed by atoms with Gasteiger partial charge in [-0.2, -0.15) is 0 Å². The lowest BCUT2D eigenvalue weighted by Crippen LogP contribution is -2.04. The Morgan fingerprint density at radius 3 is 2.92 bits per heavy atom. The number of hydrazine groups is 1. The highest BCUT2D eigenvalue weighted by molar-refractivity contribution is 6.34. The number of anilines is 1. The first-order chi connectivity index (χ1) is 5.81. The van der Waals surface area contributed by atoms with Crippen LogP contribution in [-0.4, -0.2) is 0 Å². The van der Waals surface area contributed by atoms with E-state index in [-0.39, 0.29) is 0 Å². The molecule has 0 radical (unpaired) electrons. The lowest BCUT2D eigenvalue weighted by Gasteiger charge is -1.90. The fourth-order valence-electron chi connectivity index (χ4n) is 1.10. The van der Waals surface area contributed by atoms with Crippen LogP contribution in [0.15, 0.2) is 28.7 Å². The number of nitrogens with two attached hydrogens (primary N) is 1. The van der Waals surface area contributed by atoms with Gasteiger partial charge in [0.2, 0.25) is 5.88 Å². The Morgan fingerprint density at radius 1 is 1.42 bits per heavy atom. The molecule has 3 nitrogen and oxygen atoms in total. The maximum atomic E-state index is 5.86. The van der Waals surface area contributed by atoms with Crippen LogP contribution in [0.3, 0.4) is 0 Å². The number of halogens is 1. The van der Waals surface area contributed by atoms with Gasteiger partial charge in [-0.1, -0.05) is 23.7 Å². The minimum Gasteiger partial charge on any atom is -0.438 e. The number of benzene rings is 1. The van der Waals surface area contributed by atoms with Gasteiger partial charge in [0.05, 0.1) is 5.02 Å². The van der Waals surface area contributed by atoms with Gasteiger partial charge in [0.1, 0.15) is 0 Å². The Hall–Kier alpha value is -1.19. The number of fused-ring (bicyclic) bond motifs is 1. The van der Waals surface area contributed by atoms with E-state index in [0.717, 1.165) is 5.39 Å². The van der Waals surface area contributed by atoms with Gasteiger partial charge in [-0.25, -0.2) is 5.84 Å². The molecule has 1 aromatic heterocycles. The Balaban J connectivity index is 2.74.